The smallest absolute Gasteiger partial charge is 0.410 e. The van der Waals surface area contributed by atoms with Crippen LogP contribution in [-0.4, -0.2) is 79.7 Å². The maximum Gasteiger partial charge on any atom is 0.410 e. The van der Waals surface area contributed by atoms with Crippen LogP contribution >= 0.6 is 0 Å². The van der Waals surface area contributed by atoms with E-state index in [1.165, 1.54) is 7.11 Å². The number of amides is 3. The number of nitrogens with one attached hydrogen (secondary N) is 3. The summed E-state index contributed by atoms with van der Waals surface area (Å²) >= 11 is 0. The number of ether oxygens (including phenoxy) is 2. The highest BCUT2D eigenvalue weighted by molar-refractivity contribution is 5.86. The van der Waals surface area contributed by atoms with Gasteiger partial charge in [-0.05, 0) is 75.0 Å². The molecule has 3 aromatic rings. The van der Waals surface area contributed by atoms with Gasteiger partial charge >= 0.3 is 12.2 Å². The van der Waals surface area contributed by atoms with Crippen molar-refractivity contribution in [1.82, 2.24) is 35.1 Å². The van der Waals surface area contributed by atoms with E-state index >= 15 is 0 Å². The van der Waals surface area contributed by atoms with Crippen LogP contribution in [0.15, 0.2) is 36.7 Å². The Morgan fingerprint density at radius 1 is 0.917 bits per heavy atom. The molecule has 5 atom stereocenters. The van der Waals surface area contributed by atoms with E-state index in [1.807, 2.05) is 63.8 Å². The number of aromatic nitrogens is 4. The molecule has 2 aliphatic heterocycles. The average Bonchev–Trinajstić information content (AvgIpc) is 3.84. The number of likely N-dealkylation sites (tertiary alicyclic amines) is 2. The summed E-state index contributed by atoms with van der Waals surface area (Å²) in [5.41, 5.74) is 2.71. The minimum Gasteiger partial charge on any atom is -0.453 e. The number of carbonyl (C=O) groups is 3. The molecule has 0 aliphatic carbocycles. The minimum atomic E-state index is -0.694. The molecule has 0 radical (unpaired) electrons. The molecular formula is C36H47N7O5. The lowest BCUT2D eigenvalue weighted by atomic mass is 10.0. The van der Waals surface area contributed by atoms with Gasteiger partial charge in [0.2, 0.25) is 5.91 Å². The third-order valence-electron chi connectivity index (χ3n) is 8.68. The Kier molecular flexibility index (Phi) is 10.2. The van der Waals surface area contributed by atoms with Gasteiger partial charge in [0.25, 0.3) is 0 Å². The van der Waals surface area contributed by atoms with Gasteiger partial charge < -0.3 is 29.7 Å². The first-order chi connectivity index (χ1) is 22.7. The van der Waals surface area contributed by atoms with Crippen LogP contribution in [0.3, 0.4) is 0 Å². The van der Waals surface area contributed by atoms with Gasteiger partial charge in [0.1, 0.15) is 29.0 Å². The Labute approximate surface area is 282 Å². The van der Waals surface area contributed by atoms with Crippen LogP contribution in [-0.2, 0) is 14.3 Å². The monoisotopic (exact) mass is 657 g/mol. The molecular weight excluding hydrogens is 610 g/mol. The lowest BCUT2D eigenvalue weighted by molar-refractivity contribution is -0.135. The predicted octanol–water partition coefficient (Wildman–Crippen LogP) is 5.81. The van der Waals surface area contributed by atoms with Crippen molar-refractivity contribution in [1.29, 1.82) is 0 Å². The molecule has 3 N–H and O–H groups in total. The Morgan fingerprint density at radius 2 is 1.52 bits per heavy atom. The molecule has 2 saturated heterocycles. The number of H-pyrrole nitrogens is 2. The first-order valence-corrected chi connectivity index (χ1v) is 16.6. The summed E-state index contributed by atoms with van der Waals surface area (Å²) in [5.74, 6) is 8.13. The van der Waals surface area contributed by atoms with Gasteiger partial charge in [0, 0.05) is 18.7 Å². The molecule has 4 heterocycles. The number of rotatable bonds is 6. The van der Waals surface area contributed by atoms with E-state index in [2.05, 4.69) is 50.9 Å². The first kappa shape index (κ1) is 34.5. The van der Waals surface area contributed by atoms with Gasteiger partial charge in [0.15, 0.2) is 0 Å². The number of hydrogen-bond donors (Lipinski definition) is 3. The molecule has 0 spiro atoms. The lowest BCUT2D eigenvalue weighted by Crippen LogP contribution is -2.51. The Balaban J connectivity index is 1.26. The number of aromatic amines is 2. The zero-order chi connectivity index (χ0) is 34.7. The van der Waals surface area contributed by atoms with E-state index in [-0.39, 0.29) is 35.9 Å². The van der Waals surface area contributed by atoms with Gasteiger partial charge in [-0.2, -0.15) is 0 Å². The summed E-state index contributed by atoms with van der Waals surface area (Å²) in [6.07, 6.45) is 4.09. The number of alkyl carbamates (subject to hydrolysis) is 1. The number of imidazole rings is 2. The number of carbonyl (C=O) groups excluding carboxylic acids is 3. The molecule has 2 fully saturated rings. The summed E-state index contributed by atoms with van der Waals surface area (Å²) in [7, 11) is 1.29. The fourth-order valence-corrected chi connectivity index (χ4v) is 6.35. The third-order valence-corrected chi connectivity index (χ3v) is 8.68. The van der Waals surface area contributed by atoms with Gasteiger partial charge in [-0.3, -0.25) is 9.69 Å². The number of benzene rings is 1. The van der Waals surface area contributed by atoms with E-state index in [1.54, 1.807) is 17.3 Å². The molecule has 256 valence electrons. The molecule has 12 heteroatoms. The number of hydrogen-bond acceptors (Lipinski definition) is 7. The van der Waals surface area contributed by atoms with Gasteiger partial charge in [-0.25, -0.2) is 19.6 Å². The zero-order valence-electron chi connectivity index (χ0n) is 29.1. The molecule has 2 aliphatic rings. The van der Waals surface area contributed by atoms with Crippen molar-refractivity contribution in [2.75, 3.05) is 20.2 Å². The summed E-state index contributed by atoms with van der Waals surface area (Å²) < 4.78 is 10.4. The molecule has 48 heavy (non-hydrogen) atoms. The second kappa shape index (κ2) is 14.1. The quantitative estimate of drug-likeness (QED) is 0.284. The van der Waals surface area contributed by atoms with Crippen molar-refractivity contribution in [3.05, 3.63) is 59.6 Å². The summed E-state index contributed by atoms with van der Waals surface area (Å²) in [4.78, 5) is 57.9. The predicted molar refractivity (Wildman–Crippen MR) is 180 cm³/mol. The number of nitrogens with zero attached hydrogens (tertiary/aromatic N) is 4. The largest absolute Gasteiger partial charge is 0.453 e. The van der Waals surface area contributed by atoms with Crippen molar-refractivity contribution in [2.45, 2.75) is 85.0 Å². The van der Waals surface area contributed by atoms with Crippen molar-refractivity contribution < 1.29 is 23.9 Å². The Hall–Kier alpha value is -4.79. The summed E-state index contributed by atoms with van der Waals surface area (Å²) in [5, 5.41) is 2.70. The van der Waals surface area contributed by atoms with E-state index in [4.69, 9.17) is 9.47 Å². The standard InChI is InChI=1S/C36H47N7O5/c1-21(2)30(41-34(45)47-8)33(44)42-19-22(3)15-28(42)32-38-18-27(40-32)25-12-9-24(10-13-25)11-14-26-17-37-31(39-26)29-16-23(4)20-43(29)35(46)48-36(5,6)7/h9-10,12-13,17-18,21-23,28-30H,15-16,19-20H2,1-8H3,(H,37,39)(H,38,40)(H,41,45)/t22-,23-,28-,29-,30-/m0/s1. The maximum absolute atomic E-state index is 13.6. The fourth-order valence-electron chi connectivity index (χ4n) is 6.35. The van der Waals surface area contributed by atoms with E-state index < -0.39 is 17.7 Å². The topological polar surface area (TPSA) is 146 Å². The molecule has 12 nitrogen and oxygen atoms in total. The summed E-state index contributed by atoms with van der Waals surface area (Å²) in [6, 6.07) is 6.75. The van der Waals surface area contributed by atoms with Gasteiger partial charge in [-0.1, -0.05) is 45.7 Å². The Morgan fingerprint density at radius 3 is 2.15 bits per heavy atom. The molecule has 1 aromatic carbocycles. The van der Waals surface area contributed by atoms with Crippen LogP contribution in [0.1, 0.15) is 96.3 Å². The second-order valence-electron chi connectivity index (χ2n) is 14.4. The van der Waals surface area contributed by atoms with E-state index in [0.29, 0.717) is 36.4 Å². The second-order valence-corrected chi connectivity index (χ2v) is 14.4. The lowest BCUT2D eigenvalue weighted by Gasteiger charge is -2.30. The van der Waals surface area contributed by atoms with Crippen LogP contribution < -0.4 is 5.32 Å². The van der Waals surface area contributed by atoms with Gasteiger partial charge in [0.05, 0.1) is 37.3 Å². The molecule has 0 bridgehead atoms. The number of methoxy groups -OCH3 is 1. The summed E-state index contributed by atoms with van der Waals surface area (Å²) in [6.45, 7) is 14.8. The Bertz CT molecular complexity index is 1680. The highest BCUT2D eigenvalue weighted by Gasteiger charge is 2.40. The van der Waals surface area contributed by atoms with Crippen LogP contribution in [0.25, 0.3) is 11.3 Å². The van der Waals surface area contributed by atoms with E-state index in [0.717, 1.165) is 29.7 Å². The minimum absolute atomic E-state index is 0.108. The van der Waals surface area contributed by atoms with Crippen molar-refractivity contribution in [3.8, 4) is 23.1 Å². The van der Waals surface area contributed by atoms with Crippen molar-refractivity contribution in [3.63, 3.8) is 0 Å². The molecule has 3 amide bonds. The normalized spacial score (nSPS) is 21.5. The third kappa shape index (κ3) is 8.01. The van der Waals surface area contributed by atoms with Crippen LogP contribution in [0.4, 0.5) is 9.59 Å². The van der Waals surface area contributed by atoms with Crippen LogP contribution in [0.2, 0.25) is 0 Å². The molecule has 2 aromatic heterocycles. The zero-order valence-corrected chi connectivity index (χ0v) is 29.1. The maximum atomic E-state index is 13.6. The highest BCUT2D eigenvalue weighted by atomic mass is 16.6. The average molecular weight is 658 g/mol. The molecule has 5 rings (SSSR count). The first-order valence-electron chi connectivity index (χ1n) is 16.6. The van der Waals surface area contributed by atoms with Gasteiger partial charge in [-0.15, -0.1) is 0 Å². The van der Waals surface area contributed by atoms with E-state index in [9.17, 15) is 14.4 Å². The van der Waals surface area contributed by atoms with Crippen molar-refractivity contribution >= 4 is 18.1 Å². The van der Waals surface area contributed by atoms with Crippen molar-refractivity contribution in [2.24, 2.45) is 17.8 Å². The van der Waals surface area contributed by atoms with Crippen LogP contribution in [0, 0.1) is 29.6 Å². The fraction of sp³-hybridized carbons (Fsp3) is 0.528. The molecule has 0 unspecified atom stereocenters. The van der Waals surface area contributed by atoms with Crippen LogP contribution in [0.5, 0.6) is 0 Å². The molecule has 0 saturated carbocycles. The SMILES string of the molecule is COC(=O)N[C@H](C(=O)N1C[C@@H](C)C[C@H]1c1ncc(-c2ccc(C#Cc3cnc([C@@H]4C[C@H](C)CN4C(=O)OC(C)(C)C)[nH]3)cc2)[nH]1)C(C)C. The highest BCUT2D eigenvalue weighted by Crippen LogP contribution is 2.36.